The maximum Gasteiger partial charge on any atom is 0.161 e. The molecule has 0 bridgehead atoms. The highest BCUT2D eigenvalue weighted by molar-refractivity contribution is 5.21. The van der Waals surface area contributed by atoms with Crippen LogP contribution in [0, 0.1) is 56.7 Å². The molecule has 234 valence electrons. The molecule has 0 aromatic heterocycles. The molecule has 1 saturated heterocycles. The first kappa shape index (κ1) is 30.6. The van der Waals surface area contributed by atoms with Crippen LogP contribution in [0.4, 0.5) is 0 Å². The van der Waals surface area contributed by atoms with Gasteiger partial charge in [0, 0.05) is 13.0 Å². The molecule has 6 aliphatic rings. The van der Waals surface area contributed by atoms with Crippen molar-refractivity contribution in [2.24, 2.45) is 56.7 Å². The van der Waals surface area contributed by atoms with Gasteiger partial charge in [-0.05, 0) is 135 Å². The lowest BCUT2D eigenvalue weighted by molar-refractivity contribution is -0.297. The average molecular weight is 573 g/mol. The monoisotopic (exact) mass is 572 g/mol. The molecule has 5 aliphatic carbocycles. The molecule has 41 heavy (non-hydrogen) atoms. The van der Waals surface area contributed by atoms with E-state index in [4.69, 9.17) is 9.47 Å². The van der Waals surface area contributed by atoms with Crippen molar-refractivity contribution in [1.82, 2.24) is 0 Å². The molecule has 5 nitrogen and oxygen atoms in total. The molecule has 14 atom stereocenters. The van der Waals surface area contributed by atoms with E-state index in [1.807, 2.05) is 6.92 Å². The Morgan fingerprint density at radius 3 is 2.27 bits per heavy atom. The number of fused-ring (bicyclic) bond motifs is 7. The van der Waals surface area contributed by atoms with Crippen molar-refractivity contribution in [2.45, 2.75) is 150 Å². The Balaban J connectivity index is 1.26. The molecule has 1 heterocycles. The van der Waals surface area contributed by atoms with Crippen LogP contribution in [-0.2, 0) is 9.47 Å². The summed E-state index contributed by atoms with van der Waals surface area (Å²) in [5.74, 6) is 3.10. The molecule has 6 rings (SSSR count). The number of ether oxygens (including phenoxy) is 2. The van der Waals surface area contributed by atoms with Crippen LogP contribution in [0.5, 0.6) is 0 Å². The summed E-state index contributed by atoms with van der Waals surface area (Å²) in [5.41, 5.74) is 2.33. The largest absolute Gasteiger partial charge is 0.396 e. The first-order chi connectivity index (χ1) is 19.1. The number of hydrogen-bond acceptors (Lipinski definition) is 5. The lowest BCUT2D eigenvalue weighted by atomic mass is 9.32. The van der Waals surface area contributed by atoms with Crippen molar-refractivity contribution >= 4 is 0 Å². The molecule has 0 aromatic rings. The highest BCUT2D eigenvalue weighted by Crippen LogP contribution is 2.77. The molecular weight excluding hydrogens is 512 g/mol. The van der Waals surface area contributed by atoms with E-state index in [0.29, 0.717) is 53.4 Å². The fraction of sp³-hybridized carbons (Fsp3) is 0.944. The molecule has 1 unspecified atom stereocenters. The Morgan fingerprint density at radius 1 is 0.878 bits per heavy atom. The highest BCUT2D eigenvalue weighted by Gasteiger charge is 2.71. The SMILES string of the molecule is C=C(C)[C@@H]1CC[C@]2(CO)CC[C@]3(C)[C@H](CCC4[C@@]5(C)CC[C@@H](O[C@H]6C[C@H](O)[C@@H](O)[C@H](C)O6)C(C)(C)[C@@H]5CC[C@]43C)[C@@H]12. The number of hydrogen-bond donors (Lipinski definition) is 3. The van der Waals surface area contributed by atoms with Gasteiger partial charge < -0.3 is 24.8 Å². The smallest absolute Gasteiger partial charge is 0.161 e. The minimum absolute atomic E-state index is 0.00873. The van der Waals surface area contributed by atoms with E-state index in [1.54, 1.807) is 0 Å². The predicted molar refractivity (Wildman–Crippen MR) is 162 cm³/mol. The van der Waals surface area contributed by atoms with Crippen LogP contribution in [0.1, 0.15) is 119 Å². The maximum absolute atomic E-state index is 10.8. The lowest BCUT2D eigenvalue weighted by Gasteiger charge is -2.73. The molecule has 6 fully saturated rings. The van der Waals surface area contributed by atoms with E-state index >= 15 is 0 Å². The van der Waals surface area contributed by atoms with Crippen molar-refractivity contribution in [2.75, 3.05) is 6.61 Å². The minimum atomic E-state index is -0.845. The van der Waals surface area contributed by atoms with Gasteiger partial charge in [0.05, 0.1) is 18.3 Å². The van der Waals surface area contributed by atoms with Crippen LogP contribution in [0.3, 0.4) is 0 Å². The first-order valence-electron chi connectivity index (χ1n) is 17.1. The normalized spacial score (nSPS) is 56.2. The maximum atomic E-state index is 10.8. The van der Waals surface area contributed by atoms with Crippen molar-refractivity contribution < 1.29 is 24.8 Å². The second-order valence-corrected chi connectivity index (χ2v) is 17.3. The summed E-state index contributed by atoms with van der Waals surface area (Å²) in [6, 6.07) is 0. The third-order valence-electron chi connectivity index (χ3n) is 15.5. The van der Waals surface area contributed by atoms with Crippen molar-refractivity contribution in [1.29, 1.82) is 0 Å². The van der Waals surface area contributed by atoms with Crippen LogP contribution < -0.4 is 0 Å². The number of aliphatic hydroxyl groups excluding tert-OH is 3. The Kier molecular flexibility index (Phi) is 7.47. The van der Waals surface area contributed by atoms with E-state index in [2.05, 4.69) is 48.1 Å². The fourth-order valence-corrected chi connectivity index (χ4v) is 13.1. The summed E-state index contributed by atoms with van der Waals surface area (Å²) >= 11 is 0. The summed E-state index contributed by atoms with van der Waals surface area (Å²) in [6.45, 7) is 21.7. The quantitative estimate of drug-likeness (QED) is 0.253. The Hall–Kier alpha value is -0.460. The van der Waals surface area contributed by atoms with Crippen molar-refractivity contribution in [3.63, 3.8) is 0 Å². The van der Waals surface area contributed by atoms with Gasteiger partial charge in [0.2, 0.25) is 0 Å². The lowest BCUT2D eigenvalue weighted by Crippen LogP contribution is -2.67. The summed E-state index contributed by atoms with van der Waals surface area (Å²) < 4.78 is 12.7. The zero-order chi connectivity index (χ0) is 29.8. The Bertz CT molecular complexity index is 1010. The van der Waals surface area contributed by atoms with Crippen LogP contribution in [0.15, 0.2) is 12.2 Å². The molecule has 0 spiro atoms. The van der Waals surface area contributed by atoms with Crippen molar-refractivity contribution in [3.05, 3.63) is 12.2 Å². The topological polar surface area (TPSA) is 79.2 Å². The molecule has 0 radical (unpaired) electrons. The van der Waals surface area contributed by atoms with Crippen LogP contribution in [0.25, 0.3) is 0 Å². The average Bonchev–Trinajstić information content (AvgIpc) is 3.30. The zero-order valence-electron chi connectivity index (χ0n) is 27.1. The second kappa shape index (κ2) is 10.0. The van der Waals surface area contributed by atoms with Gasteiger partial charge in [-0.15, -0.1) is 0 Å². The number of allylic oxidation sites excluding steroid dienone is 1. The molecule has 0 aromatic carbocycles. The summed E-state index contributed by atoms with van der Waals surface area (Å²) in [7, 11) is 0. The van der Waals surface area contributed by atoms with Crippen LogP contribution in [0.2, 0.25) is 0 Å². The van der Waals surface area contributed by atoms with Gasteiger partial charge in [-0.1, -0.05) is 46.8 Å². The summed E-state index contributed by atoms with van der Waals surface area (Å²) in [4.78, 5) is 0. The van der Waals surface area contributed by atoms with Gasteiger partial charge in [0.1, 0.15) is 6.10 Å². The van der Waals surface area contributed by atoms with E-state index in [1.165, 1.54) is 63.4 Å². The van der Waals surface area contributed by atoms with Gasteiger partial charge >= 0.3 is 0 Å². The van der Waals surface area contributed by atoms with E-state index in [-0.39, 0.29) is 22.3 Å². The van der Waals surface area contributed by atoms with Crippen LogP contribution in [-0.4, -0.2) is 52.6 Å². The second-order valence-electron chi connectivity index (χ2n) is 17.3. The van der Waals surface area contributed by atoms with Crippen LogP contribution >= 0.6 is 0 Å². The first-order valence-corrected chi connectivity index (χ1v) is 17.1. The molecule has 1 aliphatic heterocycles. The van der Waals surface area contributed by atoms with E-state index in [9.17, 15) is 15.3 Å². The zero-order valence-corrected chi connectivity index (χ0v) is 27.1. The summed E-state index contributed by atoms with van der Waals surface area (Å²) in [5, 5.41) is 31.3. The van der Waals surface area contributed by atoms with Gasteiger partial charge in [-0.2, -0.15) is 0 Å². The Morgan fingerprint density at radius 2 is 1.61 bits per heavy atom. The van der Waals surface area contributed by atoms with Crippen molar-refractivity contribution in [3.8, 4) is 0 Å². The summed E-state index contributed by atoms with van der Waals surface area (Å²) in [6.07, 6.45) is 10.0. The molecule has 5 saturated carbocycles. The highest BCUT2D eigenvalue weighted by atomic mass is 16.7. The molecule has 0 amide bonds. The predicted octanol–water partition coefficient (Wildman–Crippen LogP) is 6.88. The van der Waals surface area contributed by atoms with Gasteiger partial charge in [0.15, 0.2) is 6.29 Å². The van der Waals surface area contributed by atoms with E-state index in [0.717, 1.165) is 6.42 Å². The van der Waals surface area contributed by atoms with E-state index < -0.39 is 24.6 Å². The fourth-order valence-electron chi connectivity index (χ4n) is 13.1. The standard InChI is InChI=1S/C36H60O5/c1-21(2)23-11-16-36(20-37)18-17-34(7)24(30(23)36)9-10-27-33(6)14-13-28(32(4,5)26(33)12-15-35(27,34)8)41-29-19-25(38)31(39)22(3)40-29/h22-31,37-39H,1,9-20H2,2-8H3/t22-,23-,24+,25-,26-,27?,28+,29-,30+,31-,33-,34+,35+,36+/m0/s1. The number of aliphatic hydroxyl groups is 3. The molecule has 5 heteroatoms. The van der Waals surface area contributed by atoms with Gasteiger partial charge in [0.25, 0.3) is 0 Å². The van der Waals surface area contributed by atoms with Gasteiger partial charge in [-0.25, -0.2) is 0 Å². The third kappa shape index (κ3) is 4.17. The number of rotatable bonds is 4. The molecule has 3 N–H and O–H groups in total. The third-order valence-corrected chi connectivity index (χ3v) is 15.5. The minimum Gasteiger partial charge on any atom is -0.396 e. The van der Waals surface area contributed by atoms with Gasteiger partial charge in [-0.3, -0.25) is 0 Å². The molecular formula is C36H60O5. The Labute approximate surface area is 249 Å².